The lowest BCUT2D eigenvalue weighted by atomic mass is 9.75. The quantitative estimate of drug-likeness (QED) is 0.852. The maximum absolute atomic E-state index is 11.9. The molecule has 1 aromatic rings. The predicted molar refractivity (Wildman–Crippen MR) is 72.8 cm³/mol. The summed E-state index contributed by atoms with van der Waals surface area (Å²) in [6, 6.07) is 5.35. The number of carbonyl (C=O) groups is 1. The smallest absolute Gasteiger partial charge is 0.269 e. The van der Waals surface area contributed by atoms with Gasteiger partial charge in [0.2, 0.25) is 0 Å². The van der Waals surface area contributed by atoms with Crippen molar-refractivity contribution in [1.82, 2.24) is 10.3 Å². The van der Waals surface area contributed by atoms with Crippen LogP contribution in [0.15, 0.2) is 24.4 Å². The first-order valence-electron chi connectivity index (χ1n) is 6.51. The average molecular weight is 267 g/mol. The van der Waals surface area contributed by atoms with Gasteiger partial charge in [-0.3, -0.25) is 9.78 Å². The summed E-state index contributed by atoms with van der Waals surface area (Å²) in [5, 5.41) is 2.97. The van der Waals surface area contributed by atoms with Gasteiger partial charge in [0.15, 0.2) is 0 Å². The van der Waals surface area contributed by atoms with E-state index in [9.17, 15) is 4.79 Å². The maximum atomic E-state index is 11.9. The van der Waals surface area contributed by atoms with Gasteiger partial charge in [-0.2, -0.15) is 0 Å². The van der Waals surface area contributed by atoms with Gasteiger partial charge < -0.3 is 5.32 Å². The summed E-state index contributed by atoms with van der Waals surface area (Å²) in [6.45, 7) is 0.659. The SMILES string of the molecule is O=C(NCC1(CCl)CCCCC1)c1ccccn1. The first-order chi connectivity index (χ1) is 8.76. The largest absolute Gasteiger partial charge is 0.350 e. The fraction of sp³-hybridized carbons (Fsp3) is 0.571. The average Bonchev–Trinajstić information content (AvgIpc) is 2.47. The number of hydrogen-bond donors (Lipinski definition) is 1. The molecule has 1 heterocycles. The molecule has 18 heavy (non-hydrogen) atoms. The molecule has 98 valence electrons. The number of halogens is 1. The Labute approximate surface area is 113 Å². The minimum atomic E-state index is -0.106. The Morgan fingerprint density at radius 1 is 1.33 bits per heavy atom. The molecule has 4 heteroatoms. The van der Waals surface area contributed by atoms with Crippen molar-refractivity contribution in [3.05, 3.63) is 30.1 Å². The minimum Gasteiger partial charge on any atom is -0.350 e. The molecule has 1 fully saturated rings. The third kappa shape index (κ3) is 3.22. The van der Waals surface area contributed by atoms with E-state index in [1.165, 1.54) is 19.3 Å². The molecule has 0 aliphatic heterocycles. The summed E-state index contributed by atoms with van der Waals surface area (Å²) in [4.78, 5) is 16.0. The van der Waals surface area contributed by atoms with Crippen LogP contribution in [0.5, 0.6) is 0 Å². The molecule has 0 radical (unpaired) electrons. The number of amides is 1. The topological polar surface area (TPSA) is 42.0 Å². The van der Waals surface area contributed by atoms with E-state index in [0.717, 1.165) is 12.8 Å². The van der Waals surface area contributed by atoms with Gasteiger partial charge in [-0.25, -0.2) is 0 Å². The number of alkyl halides is 1. The lowest BCUT2D eigenvalue weighted by molar-refractivity contribution is 0.0916. The number of nitrogens with one attached hydrogen (secondary N) is 1. The summed E-state index contributed by atoms with van der Waals surface area (Å²) in [7, 11) is 0. The van der Waals surface area contributed by atoms with Gasteiger partial charge in [-0.1, -0.05) is 25.3 Å². The van der Waals surface area contributed by atoms with Crippen molar-refractivity contribution in [2.24, 2.45) is 5.41 Å². The lowest BCUT2D eigenvalue weighted by Gasteiger charge is -2.35. The fourth-order valence-electron chi connectivity index (χ4n) is 2.51. The zero-order valence-corrected chi connectivity index (χ0v) is 11.2. The Balaban J connectivity index is 1.92. The number of carbonyl (C=O) groups excluding carboxylic acids is 1. The van der Waals surface area contributed by atoms with Gasteiger partial charge in [-0.15, -0.1) is 11.6 Å². The number of aromatic nitrogens is 1. The van der Waals surface area contributed by atoms with Crippen molar-refractivity contribution in [1.29, 1.82) is 0 Å². The van der Waals surface area contributed by atoms with Crippen LogP contribution in [0.2, 0.25) is 0 Å². The second kappa shape index (κ2) is 6.19. The van der Waals surface area contributed by atoms with Crippen molar-refractivity contribution < 1.29 is 4.79 Å². The summed E-state index contributed by atoms with van der Waals surface area (Å²) in [5.74, 6) is 0.515. The highest BCUT2D eigenvalue weighted by molar-refractivity contribution is 6.18. The molecule has 1 aliphatic carbocycles. The summed E-state index contributed by atoms with van der Waals surface area (Å²) < 4.78 is 0. The number of pyridine rings is 1. The summed E-state index contributed by atoms with van der Waals surface area (Å²) >= 11 is 6.10. The highest BCUT2D eigenvalue weighted by atomic mass is 35.5. The lowest BCUT2D eigenvalue weighted by Crippen LogP contribution is -2.40. The standard InChI is InChI=1S/C14H19ClN2O/c15-10-14(7-3-1-4-8-14)11-17-13(18)12-6-2-5-9-16-12/h2,5-6,9H,1,3-4,7-8,10-11H2,(H,17,18). The summed E-state index contributed by atoms with van der Waals surface area (Å²) in [5.41, 5.74) is 0.558. The van der Waals surface area contributed by atoms with Crippen LogP contribution < -0.4 is 5.32 Å². The van der Waals surface area contributed by atoms with Gasteiger partial charge in [0.1, 0.15) is 5.69 Å². The molecule has 0 aromatic carbocycles. The Morgan fingerprint density at radius 2 is 2.11 bits per heavy atom. The van der Waals surface area contributed by atoms with Gasteiger partial charge in [0, 0.05) is 24.0 Å². The van der Waals surface area contributed by atoms with E-state index in [-0.39, 0.29) is 11.3 Å². The van der Waals surface area contributed by atoms with Gasteiger partial charge >= 0.3 is 0 Å². The van der Waals surface area contributed by atoms with Crippen molar-refractivity contribution >= 4 is 17.5 Å². The summed E-state index contributed by atoms with van der Waals surface area (Å²) in [6.07, 6.45) is 7.57. The number of hydrogen-bond acceptors (Lipinski definition) is 2. The highest BCUT2D eigenvalue weighted by Gasteiger charge is 2.31. The molecule has 1 saturated carbocycles. The molecule has 0 saturated heterocycles. The molecule has 0 unspecified atom stereocenters. The molecule has 1 N–H and O–H groups in total. The third-order valence-electron chi connectivity index (χ3n) is 3.72. The van der Waals surface area contributed by atoms with E-state index >= 15 is 0 Å². The van der Waals surface area contributed by atoms with Crippen LogP contribution in [0.3, 0.4) is 0 Å². The molecule has 0 spiro atoms. The highest BCUT2D eigenvalue weighted by Crippen LogP contribution is 2.36. The van der Waals surface area contributed by atoms with Gasteiger partial charge in [0.25, 0.3) is 5.91 Å². The zero-order chi connectivity index (χ0) is 12.8. The van der Waals surface area contributed by atoms with E-state index in [4.69, 9.17) is 11.6 Å². The second-order valence-electron chi connectivity index (χ2n) is 5.09. The molecular formula is C14H19ClN2O. The monoisotopic (exact) mass is 266 g/mol. The first-order valence-corrected chi connectivity index (χ1v) is 7.04. The molecular weight excluding hydrogens is 248 g/mol. The van der Waals surface area contributed by atoms with Crippen LogP contribution in [-0.4, -0.2) is 23.3 Å². The third-order valence-corrected chi connectivity index (χ3v) is 4.29. The van der Waals surface area contributed by atoms with Crippen LogP contribution in [0, 0.1) is 5.41 Å². The Morgan fingerprint density at radius 3 is 2.72 bits per heavy atom. The van der Waals surface area contributed by atoms with Crippen molar-refractivity contribution in [2.45, 2.75) is 32.1 Å². The van der Waals surface area contributed by atoms with Crippen molar-refractivity contribution in [2.75, 3.05) is 12.4 Å². The molecule has 1 aliphatic rings. The van der Waals surface area contributed by atoms with Gasteiger partial charge in [0.05, 0.1) is 0 Å². The van der Waals surface area contributed by atoms with Crippen LogP contribution >= 0.6 is 11.6 Å². The number of rotatable bonds is 4. The second-order valence-corrected chi connectivity index (χ2v) is 5.36. The van der Waals surface area contributed by atoms with Gasteiger partial charge in [-0.05, 0) is 25.0 Å². The van der Waals surface area contributed by atoms with Crippen LogP contribution in [0.1, 0.15) is 42.6 Å². The van der Waals surface area contributed by atoms with Crippen LogP contribution in [0.25, 0.3) is 0 Å². The first kappa shape index (κ1) is 13.3. The fourth-order valence-corrected chi connectivity index (χ4v) is 2.88. The van der Waals surface area contributed by atoms with E-state index in [1.807, 2.05) is 6.07 Å². The molecule has 0 atom stereocenters. The minimum absolute atomic E-state index is 0.0875. The number of nitrogens with zero attached hydrogens (tertiary/aromatic N) is 1. The Hall–Kier alpha value is -1.09. The van der Waals surface area contributed by atoms with E-state index < -0.39 is 0 Å². The molecule has 0 bridgehead atoms. The van der Waals surface area contributed by atoms with E-state index in [2.05, 4.69) is 10.3 Å². The predicted octanol–water partition coefficient (Wildman–Crippen LogP) is 3.00. The maximum Gasteiger partial charge on any atom is 0.269 e. The van der Waals surface area contributed by atoms with Crippen molar-refractivity contribution in [3.8, 4) is 0 Å². The molecule has 2 rings (SSSR count). The van der Waals surface area contributed by atoms with Crippen LogP contribution in [-0.2, 0) is 0 Å². The Bertz CT molecular complexity index is 388. The molecule has 1 amide bonds. The van der Waals surface area contributed by atoms with Crippen molar-refractivity contribution in [3.63, 3.8) is 0 Å². The Kier molecular flexibility index (Phi) is 4.59. The zero-order valence-electron chi connectivity index (χ0n) is 10.5. The normalized spacial score (nSPS) is 18.3. The molecule has 3 nitrogen and oxygen atoms in total. The van der Waals surface area contributed by atoms with Crippen LogP contribution in [0.4, 0.5) is 0 Å². The van der Waals surface area contributed by atoms with E-state index in [0.29, 0.717) is 18.1 Å². The van der Waals surface area contributed by atoms with E-state index in [1.54, 1.807) is 18.3 Å². The molecule has 1 aromatic heterocycles.